The second-order valence-electron chi connectivity index (χ2n) is 5.55. The van der Waals surface area contributed by atoms with Gasteiger partial charge in [0.2, 0.25) is 10.0 Å². The van der Waals surface area contributed by atoms with Crippen LogP contribution in [-0.4, -0.2) is 36.8 Å². The van der Waals surface area contributed by atoms with E-state index in [-0.39, 0.29) is 11.8 Å². The van der Waals surface area contributed by atoms with Crippen LogP contribution in [0.2, 0.25) is 0 Å². The molecule has 1 atom stereocenters. The monoisotopic (exact) mass is 328 g/mol. The number of hydrogen-bond donors (Lipinski definition) is 1. The molecule has 21 heavy (non-hydrogen) atoms. The predicted molar refractivity (Wildman–Crippen MR) is 90.0 cm³/mol. The van der Waals surface area contributed by atoms with Crippen LogP contribution >= 0.6 is 11.8 Å². The molecule has 0 bridgehead atoms. The summed E-state index contributed by atoms with van der Waals surface area (Å²) in [7, 11) is -3.15. The normalized spacial score (nSPS) is 21.1. The molecule has 1 aromatic carbocycles. The zero-order valence-electron chi connectivity index (χ0n) is 12.5. The van der Waals surface area contributed by atoms with Crippen molar-refractivity contribution in [3.63, 3.8) is 0 Å². The van der Waals surface area contributed by atoms with Gasteiger partial charge in [-0.15, -0.1) is 11.8 Å². The topological polar surface area (TPSA) is 63.4 Å². The van der Waals surface area contributed by atoms with Gasteiger partial charge in [-0.2, -0.15) is 4.31 Å². The lowest BCUT2D eigenvalue weighted by molar-refractivity contribution is 0.343. The summed E-state index contributed by atoms with van der Waals surface area (Å²) in [6, 6.07) is 7.70. The van der Waals surface area contributed by atoms with Crippen molar-refractivity contribution in [2.24, 2.45) is 0 Å². The molecule has 0 spiro atoms. The number of benzene rings is 1. The molecule has 1 saturated heterocycles. The average Bonchev–Trinajstić information content (AvgIpc) is 2.63. The molecule has 1 aliphatic rings. The Kier molecular flexibility index (Phi) is 5.96. The predicted octanol–water partition coefficient (Wildman–Crippen LogP) is 2.96. The molecule has 0 aliphatic carbocycles. The van der Waals surface area contributed by atoms with Crippen LogP contribution in [0, 0.1) is 0 Å². The first kappa shape index (κ1) is 16.6. The zero-order valence-corrected chi connectivity index (χ0v) is 14.1. The minimum absolute atomic E-state index is 0.134. The number of sulfonamides is 1. The molecule has 4 nitrogen and oxygen atoms in total. The molecule has 0 radical (unpaired) electrons. The molecule has 2 rings (SSSR count). The van der Waals surface area contributed by atoms with Crippen molar-refractivity contribution in [1.82, 2.24) is 4.31 Å². The summed E-state index contributed by atoms with van der Waals surface area (Å²) >= 11 is 1.55. The van der Waals surface area contributed by atoms with E-state index in [2.05, 4.69) is 0 Å². The summed E-state index contributed by atoms with van der Waals surface area (Å²) in [6.07, 6.45) is 4.22. The van der Waals surface area contributed by atoms with E-state index < -0.39 is 10.0 Å². The number of anilines is 1. The Labute approximate surface area is 132 Å². The van der Waals surface area contributed by atoms with Crippen molar-refractivity contribution in [1.29, 1.82) is 0 Å². The Morgan fingerprint density at radius 3 is 2.90 bits per heavy atom. The van der Waals surface area contributed by atoms with Gasteiger partial charge < -0.3 is 5.73 Å². The summed E-state index contributed by atoms with van der Waals surface area (Å²) in [5, 5.41) is 0. The summed E-state index contributed by atoms with van der Waals surface area (Å²) < 4.78 is 26.7. The van der Waals surface area contributed by atoms with Crippen molar-refractivity contribution < 1.29 is 8.42 Å². The third-order valence-electron chi connectivity index (χ3n) is 3.82. The number of hydrogen-bond acceptors (Lipinski definition) is 4. The fraction of sp³-hybridized carbons (Fsp3) is 0.600. The number of rotatable bonds is 5. The minimum atomic E-state index is -3.15. The SMILES string of the molecule is CC1CCCCCN1S(=O)(=O)CCSc1cccc(N)c1. The fourth-order valence-electron chi connectivity index (χ4n) is 2.65. The van der Waals surface area contributed by atoms with Crippen LogP contribution in [-0.2, 0) is 10.0 Å². The fourth-order valence-corrected chi connectivity index (χ4v) is 5.75. The van der Waals surface area contributed by atoms with Crippen molar-refractivity contribution in [2.45, 2.75) is 43.5 Å². The van der Waals surface area contributed by atoms with Crippen LogP contribution in [0.25, 0.3) is 0 Å². The lowest BCUT2D eigenvalue weighted by Gasteiger charge is -2.26. The Morgan fingerprint density at radius 2 is 2.14 bits per heavy atom. The van der Waals surface area contributed by atoms with Crippen LogP contribution in [0.4, 0.5) is 5.69 Å². The highest BCUT2D eigenvalue weighted by molar-refractivity contribution is 8.00. The molecule has 1 aromatic rings. The maximum absolute atomic E-state index is 12.5. The second kappa shape index (κ2) is 7.51. The zero-order chi connectivity index (χ0) is 15.3. The van der Waals surface area contributed by atoms with Gasteiger partial charge in [-0.3, -0.25) is 0 Å². The Bertz CT molecular complexity index is 561. The standard InChI is InChI=1S/C15H24N2O2S2/c1-13-6-3-2-4-9-17(13)21(18,19)11-10-20-15-8-5-7-14(16)12-15/h5,7-8,12-13H,2-4,6,9-11,16H2,1H3. The first-order valence-electron chi connectivity index (χ1n) is 7.47. The molecule has 6 heteroatoms. The Hall–Kier alpha value is -0.720. The van der Waals surface area contributed by atoms with E-state index in [1.807, 2.05) is 31.2 Å². The van der Waals surface area contributed by atoms with Crippen LogP contribution in [0.5, 0.6) is 0 Å². The molecule has 1 unspecified atom stereocenters. The highest BCUT2D eigenvalue weighted by Gasteiger charge is 2.27. The van der Waals surface area contributed by atoms with E-state index in [0.29, 0.717) is 18.0 Å². The van der Waals surface area contributed by atoms with Gasteiger partial charge in [0.1, 0.15) is 0 Å². The van der Waals surface area contributed by atoms with Gasteiger partial charge in [0.05, 0.1) is 5.75 Å². The molecule has 1 fully saturated rings. The first-order valence-corrected chi connectivity index (χ1v) is 10.1. The number of nitrogens with zero attached hydrogens (tertiary/aromatic N) is 1. The molecule has 118 valence electrons. The lowest BCUT2D eigenvalue weighted by Crippen LogP contribution is -2.40. The molecule has 1 heterocycles. The molecule has 0 amide bonds. The summed E-state index contributed by atoms with van der Waals surface area (Å²) in [5.74, 6) is 0.756. The average molecular weight is 329 g/mol. The molecule has 2 N–H and O–H groups in total. The maximum atomic E-state index is 12.5. The third kappa shape index (κ3) is 4.90. The van der Waals surface area contributed by atoms with Gasteiger partial charge in [0.15, 0.2) is 0 Å². The Balaban J connectivity index is 1.91. The second-order valence-corrected chi connectivity index (χ2v) is 8.76. The van der Waals surface area contributed by atoms with E-state index >= 15 is 0 Å². The van der Waals surface area contributed by atoms with Crippen LogP contribution < -0.4 is 5.73 Å². The maximum Gasteiger partial charge on any atom is 0.215 e. The van der Waals surface area contributed by atoms with Crippen molar-refractivity contribution in [2.75, 3.05) is 23.8 Å². The summed E-state index contributed by atoms with van der Waals surface area (Å²) in [6.45, 7) is 2.69. The summed E-state index contributed by atoms with van der Waals surface area (Å²) in [5.41, 5.74) is 6.44. The largest absolute Gasteiger partial charge is 0.399 e. The minimum Gasteiger partial charge on any atom is -0.399 e. The number of thioether (sulfide) groups is 1. The molecule has 1 aliphatic heterocycles. The summed E-state index contributed by atoms with van der Waals surface area (Å²) in [4.78, 5) is 1.02. The molecular formula is C15H24N2O2S2. The van der Waals surface area contributed by atoms with Gasteiger partial charge >= 0.3 is 0 Å². The van der Waals surface area contributed by atoms with Crippen LogP contribution in [0.1, 0.15) is 32.6 Å². The van der Waals surface area contributed by atoms with E-state index in [1.54, 1.807) is 16.1 Å². The first-order chi connectivity index (χ1) is 9.99. The molecule has 0 saturated carbocycles. The van der Waals surface area contributed by atoms with Crippen molar-refractivity contribution in [3.8, 4) is 0 Å². The van der Waals surface area contributed by atoms with Gasteiger partial charge in [-0.05, 0) is 38.0 Å². The third-order valence-corrected chi connectivity index (χ3v) is 7.05. The smallest absolute Gasteiger partial charge is 0.215 e. The Morgan fingerprint density at radius 1 is 1.33 bits per heavy atom. The van der Waals surface area contributed by atoms with Gasteiger partial charge in [-0.25, -0.2) is 8.42 Å². The van der Waals surface area contributed by atoms with Crippen LogP contribution in [0.3, 0.4) is 0 Å². The number of nitrogen functional groups attached to an aromatic ring is 1. The van der Waals surface area contributed by atoms with E-state index in [0.717, 1.165) is 30.6 Å². The van der Waals surface area contributed by atoms with E-state index in [1.165, 1.54) is 0 Å². The van der Waals surface area contributed by atoms with Crippen LogP contribution in [0.15, 0.2) is 29.2 Å². The lowest BCUT2D eigenvalue weighted by atomic mass is 10.1. The van der Waals surface area contributed by atoms with Gasteiger partial charge in [-0.1, -0.05) is 18.9 Å². The highest BCUT2D eigenvalue weighted by atomic mass is 32.2. The van der Waals surface area contributed by atoms with E-state index in [9.17, 15) is 8.42 Å². The van der Waals surface area contributed by atoms with E-state index in [4.69, 9.17) is 5.73 Å². The van der Waals surface area contributed by atoms with Crippen molar-refractivity contribution >= 4 is 27.5 Å². The number of nitrogens with two attached hydrogens (primary N) is 1. The van der Waals surface area contributed by atoms with Crippen molar-refractivity contribution in [3.05, 3.63) is 24.3 Å². The highest BCUT2D eigenvalue weighted by Crippen LogP contribution is 2.23. The van der Waals surface area contributed by atoms with Gasteiger partial charge in [0, 0.05) is 28.9 Å². The molecular weight excluding hydrogens is 304 g/mol. The van der Waals surface area contributed by atoms with Gasteiger partial charge in [0.25, 0.3) is 0 Å². The molecule has 0 aromatic heterocycles. The quantitative estimate of drug-likeness (QED) is 0.667.